The molecule has 0 unspecified atom stereocenters. The van der Waals surface area contributed by atoms with Gasteiger partial charge in [0.1, 0.15) is 12.2 Å². The van der Waals surface area contributed by atoms with Crippen LogP contribution in [0.1, 0.15) is 0 Å². The van der Waals surface area contributed by atoms with Gasteiger partial charge in [-0.3, -0.25) is 19.7 Å². The van der Waals surface area contributed by atoms with Crippen LogP contribution < -0.4 is 11.1 Å². The Balaban J connectivity index is 1.52. The van der Waals surface area contributed by atoms with Gasteiger partial charge in [-0.25, -0.2) is 4.79 Å². The number of rotatable bonds is 4. The van der Waals surface area contributed by atoms with Gasteiger partial charge >= 0.3 is 5.76 Å². The maximum atomic E-state index is 12.2. The van der Waals surface area contributed by atoms with Crippen molar-refractivity contribution in [2.24, 2.45) is 0 Å². The fourth-order valence-corrected chi connectivity index (χ4v) is 2.42. The largest absolute Gasteiger partial charge is 0.420 e. The molecule has 0 saturated heterocycles. The number of nitrogens with zero attached hydrogens (tertiary/aromatic N) is 4. The number of benzene rings is 1. The molecular weight excluding hydrogens is 324 g/mol. The van der Waals surface area contributed by atoms with E-state index in [0.717, 1.165) is 0 Å². The summed E-state index contributed by atoms with van der Waals surface area (Å²) in [5.41, 5.74) is 1.58. The molecule has 1 aromatic carbocycles. The molecule has 0 fully saturated rings. The summed E-state index contributed by atoms with van der Waals surface area (Å²) in [4.78, 5) is 31.1. The van der Waals surface area contributed by atoms with Gasteiger partial charge in [0.25, 0.3) is 0 Å². The molecule has 2 N–H and O–H groups in total. The topological polar surface area (TPSA) is 119 Å². The summed E-state index contributed by atoms with van der Waals surface area (Å²) in [7, 11) is 0. The molecule has 3 heterocycles. The first-order valence-corrected chi connectivity index (χ1v) is 7.43. The van der Waals surface area contributed by atoms with Crippen molar-refractivity contribution in [2.45, 2.75) is 6.54 Å². The zero-order valence-corrected chi connectivity index (χ0v) is 12.8. The molecule has 0 aliphatic rings. The number of aromatic amines is 1. The molecule has 0 aliphatic carbocycles. The van der Waals surface area contributed by atoms with Gasteiger partial charge in [0.05, 0.1) is 5.52 Å². The number of carbonyl (C=O) groups excluding carboxylic acids is 1. The van der Waals surface area contributed by atoms with Crippen molar-refractivity contribution >= 4 is 23.0 Å². The van der Waals surface area contributed by atoms with E-state index in [4.69, 9.17) is 4.42 Å². The van der Waals surface area contributed by atoms with Crippen LogP contribution in [0.15, 0.2) is 57.9 Å². The normalized spacial score (nSPS) is 10.9. The highest BCUT2D eigenvalue weighted by Gasteiger charge is 2.14. The van der Waals surface area contributed by atoms with Gasteiger partial charge < -0.3 is 9.40 Å². The van der Waals surface area contributed by atoms with Crippen LogP contribution in [-0.2, 0) is 11.3 Å². The van der Waals surface area contributed by atoms with Crippen molar-refractivity contribution in [3.05, 3.63) is 59.2 Å². The third kappa shape index (κ3) is 2.90. The Morgan fingerprint density at radius 2 is 2.00 bits per heavy atom. The number of pyridine rings is 1. The summed E-state index contributed by atoms with van der Waals surface area (Å²) in [6.45, 7) is -0.199. The number of nitrogens with one attached hydrogen (secondary N) is 2. The first-order chi connectivity index (χ1) is 12.2. The lowest BCUT2D eigenvalue weighted by atomic mass is 10.3. The minimum atomic E-state index is -0.594. The first-order valence-electron chi connectivity index (χ1n) is 7.43. The number of oxazole rings is 1. The Hall–Kier alpha value is -3.75. The van der Waals surface area contributed by atoms with E-state index in [1.165, 1.54) is 4.57 Å². The number of hydrogen-bond acceptors (Lipinski definition) is 6. The SMILES string of the molecule is O=C(Cn1c(=O)oc2ccccc21)Nc1nnc(-c2ccccn2)[nH]1. The summed E-state index contributed by atoms with van der Waals surface area (Å²) in [6.07, 6.45) is 1.63. The van der Waals surface area contributed by atoms with E-state index in [9.17, 15) is 9.59 Å². The van der Waals surface area contributed by atoms with Gasteiger partial charge in [-0.2, -0.15) is 0 Å². The van der Waals surface area contributed by atoms with Gasteiger partial charge in [0, 0.05) is 6.20 Å². The van der Waals surface area contributed by atoms with Crippen LogP contribution >= 0.6 is 0 Å². The number of aromatic nitrogens is 5. The number of fused-ring (bicyclic) bond motifs is 1. The molecule has 0 bridgehead atoms. The summed E-state index contributed by atoms with van der Waals surface area (Å²) < 4.78 is 6.35. The Bertz CT molecular complexity index is 1100. The third-order valence-electron chi connectivity index (χ3n) is 3.53. The summed E-state index contributed by atoms with van der Waals surface area (Å²) in [5.74, 6) is -0.422. The van der Waals surface area contributed by atoms with Gasteiger partial charge in [-0.05, 0) is 24.3 Å². The molecule has 124 valence electrons. The van der Waals surface area contributed by atoms with Crippen LogP contribution in [0.3, 0.4) is 0 Å². The molecule has 0 radical (unpaired) electrons. The second-order valence-corrected chi connectivity index (χ2v) is 5.21. The highest BCUT2D eigenvalue weighted by Crippen LogP contribution is 2.13. The monoisotopic (exact) mass is 336 g/mol. The van der Waals surface area contributed by atoms with Crippen molar-refractivity contribution in [2.75, 3.05) is 5.32 Å². The van der Waals surface area contributed by atoms with Gasteiger partial charge in [0.2, 0.25) is 11.9 Å². The molecule has 4 aromatic rings. The average Bonchev–Trinajstić information content (AvgIpc) is 3.21. The molecule has 25 heavy (non-hydrogen) atoms. The second-order valence-electron chi connectivity index (χ2n) is 5.21. The number of amides is 1. The van der Waals surface area contributed by atoms with Gasteiger partial charge in [-0.15, -0.1) is 10.2 Å². The van der Waals surface area contributed by atoms with E-state index >= 15 is 0 Å². The Morgan fingerprint density at radius 3 is 2.84 bits per heavy atom. The number of carbonyl (C=O) groups is 1. The van der Waals surface area contributed by atoms with Crippen LogP contribution in [0.4, 0.5) is 5.95 Å². The quantitative estimate of drug-likeness (QED) is 0.581. The van der Waals surface area contributed by atoms with E-state index in [1.54, 1.807) is 42.6 Å². The van der Waals surface area contributed by atoms with Gasteiger partial charge in [0.15, 0.2) is 11.4 Å². The Labute approximate surface area is 140 Å². The highest BCUT2D eigenvalue weighted by molar-refractivity contribution is 5.90. The minimum absolute atomic E-state index is 0.173. The number of para-hydroxylation sites is 2. The van der Waals surface area contributed by atoms with Gasteiger partial charge in [-0.1, -0.05) is 18.2 Å². The zero-order chi connectivity index (χ0) is 17.2. The van der Waals surface area contributed by atoms with Crippen LogP contribution in [0.2, 0.25) is 0 Å². The predicted octanol–water partition coefficient (Wildman–Crippen LogP) is 1.41. The summed E-state index contributed by atoms with van der Waals surface area (Å²) >= 11 is 0. The lowest BCUT2D eigenvalue weighted by Crippen LogP contribution is -2.25. The first kappa shape index (κ1) is 14.8. The molecule has 3 aromatic heterocycles. The molecule has 0 atom stereocenters. The Morgan fingerprint density at radius 1 is 1.16 bits per heavy atom. The van der Waals surface area contributed by atoms with Crippen LogP contribution in [0.5, 0.6) is 0 Å². The molecule has 0 saturated carbocycles. The predicted molar refractivity (Wildman–Crippen MR) is 88.7 cm³/mol. The average molecular weight is 336 g/mol. The van der Waals surface area contributed by atoms with E-state index in [0.29, 0.717) is 22.6 Å². The third-order valence-corrected chi connectivity index (χ3v) is 3.53. The van der Waals surface area contributed by atoms with Crippen molar-refractivity contribution in [3.8, 4) is 11.5 Å². The van der Waals surface area contributed by atoms with E-state index < -0.39 is 11.7 Å². The molecule has 4 rings (SSSR count). The highest BCUT2D eigenvalue weighted by atomic mass is 16.4. The van der Waals surface area contributed by atoms with Crippen molar-refractivity contribution < 1.29 is 9.21 Å². The molecule has 9 nitrogen and oxygen atoms in total. The number of anilines is 1. The van der Waals surface area contributed by atoms with Crippen LogP contribution in [0, 0.1) is 0 Å². The van der Waals surface area contributed by atoms with Crippen molar-refractivity contribution in [3.63, 3.8) is 0 Å². The fraction of sp³-hybridized carbons (Fsp3) is 0.0625. The number of hydrogen-bond donors (Lipinski definition) is 2. The fourth-order valence-electron chi connectivity index (χ4n) is 2.42. The Kier molecular flexibility index (Phi) is 3.58. The molecule has 9 heteroatoms. The maximum Gasteiger partial charge on any atom is 0.420 e. The standard InChI is InChI=1S/C16H12N6O3/c23-13(9-22-11-6-1-2-7-12(11)25-16(22)24)18-15-19-14(20-21-15)10-5-3-4-8-17-10/h1-8H,9H2,(H2,18,19,20,21,23). The van der Waals surface area contributed by atoms with Crippen LogP contribution in [0.25, 0.3) is 22.6 Å². The van der Waals surface area contributed by atoms with Crippen molar-refractivity contribution in [1.29, 1.82) is 0 Å². The second kappa shape index (κ2) is 6.04. The summed E-state index contributed by atoms with van der Waals surface area (Å²) in [6, 6.07) is 12.3. The number of H-pyrrole nitrogens is 1. The molecular formula is C16H12N6O3. The van der Waals surface area contributed by atoms with Crippen molar-refractivity contribution in [1.82, 2.24) is 24.7 Å². The zero-order valence-electron chi connectivity index (χ0n) is 12.8. The lowest BCUT2D eigenvalue weighted by molar-refractivity contribution is -0.116. The smallest absolute Gasteiger partial charge is 0.408 e. The minimum Gasteiger partial charge on any atom is -0.408 e. The molecule has 0 spiro atoms. The summed E-state index contributed by atoms with van der Waals surface area (Å²) in [5, 5.41) is 10.4. The lowest BCUT2D eigenvalue weighted by Gasteiger charge is -2.02. The van der Waals surface area contributed by atoms with Crippen LogP contribution in [-0.4, -0.2) is 30.6 Å². The maximum absolute atomic E-state index is 12.2. The van der Waals surface area contributed by atoms with E-state index in [2.05, 4.69) is 25.5 Å². The molecule has 0 aliphatic heterocycles. The molecule has 1 amide bonds. The van der Waals surface area contributed by atoms with E-state index in [-0.39, 0.29) is 12.5 Å². The van der Waals surface area contributed by atoms with E-state index in [1.807, 2.05) is 6.07 Å².